The van der Waals surface area contributed by atoms with Crippen LogP contribution in [0.1, 0.15) is 18.2 Å². The molecule has 0 radical (unpaired) electrons. The third kappa shape index (κ3) is 2.78. The predicted molar refractivity (Wildman–Crippen MR) is 79.8 cm³/mol. The van der Waals surface area contributed by atoms with Crippen molar-refractivity contribution < 1.29 is 13.5 Å². The maximum Gasteiger partial charge on any atom is 0.283 e. The fourth-order valence-corrected chi connectivity index (χ4v) is 3.45. The van der Waals surface area contributed by atoms with Crippen LogP contribution in [0.3, 0.4) is 0 Å². The summed E-state index contributed by atoms with van der Waals surface area (Å²) in [5.41, 5.74) is 6.55. The van der Waals surface area contributed by atoms with Gasteiger partial charge in [0.2, 0.25) is 0 Å². The standard InChI is InChI=1S/C14H14F2N4OS/c1-14(3-10(12(15)16)21-13(17)20-14)11-2-8(6-22-11)9-4-18-7-19-5-9/h2,4-7,10,12H,3H2,1H3,(H2,17,20)/t10-,14-/m0/s1. The summed E-state index contributed by atoms with van der Waals surface area (Å²) in [7, 11) is 0. The van der Waals surface area contributed by atoms with Crippen LogP contribution in [0.5, 0.6) is 0 Å². The van der Waals surface area contributed by atoms with Crippen molar-refractivity contribution in [1.29, 1.82) is 0 Å². The minimum absolute atomic E-state index is 0.0800. The predicted octanol–water partition coefficient (Wildman–Crippen LogP) is 2.79. The average molecular weight is 324 g/mol. The van der Waals surface area contributed by atoms with Crippen LogP contribution in [0.25, 0.3) is 11.1 Å². The second-order valence-corrected chi connectivity index (χ2v) is 6.16. The minimum atomic E-state index is -2.60. The summed E-state index contributed by atoms with van der Waals surface area (Å²) in [5.74, 6) is 0. The van der Waals surface area contributed by atoms with Gasteiger partial charge < -0.3 is 10.5 Å². The number of aliphatic imine (C=N–C) groups is 1. The van der Waals surface area contributed by atoms with E-state index in [-0.39, 0.29) is 12.4 Å². The first-order chi connectivity index (χ1) is 10.5. The zero-order valence-electron chi connectivity index (χ0n) is 11.7. The molecule has 22 heavy (non-hydrogen) atoms. The minimum Gasteiger partial charge on any atom is -0.456 e. The molecule has 1 aliphatic heterocycles. The van der Waals surface area contributed by atoms with E-state index in [1.54, 1.807) is 19.3 Å². The van der Waals surface area contributed by atoms with E-state index >= 15 is 0 Å². The van der Waals surface area contributed by atoms with Gasteiger partial charge in [0, 0.05) is 29.3 Å². The fourth-order valence-electron chi connectivity index (χ4n) is 2.42. The smallest absolute Gasteiger partial charge is 0.283 e. The van der Waals surface area contributed by atoms with E-state index in [1.165, 1.54) is 17.7 Å². The fraction of sp³-hybridized carbons (Fsp3) is 0.357. The van der Waals surface area contributed by atoms with Gasteiger partial charge in [-0.05, 0) is 23.9 Å². The zero-order chi connectivity index (χ0) is 15.7. The van der Waals surface area contributed by atoms with Gasteiger partial charge in [-0.1, -0.05) is 0 Å². The maximum atomic E-state index is 13.0. The van der Waals surface area contributed by atoms with Crippen LogP contribution in [0.4, 0.5) is 8.78 Å². The lowest BCUT2D eigenvalue weighted by Gasteiger charge is -2.33. The molecule has 0 aliphatic carbocycles. The third-order valence-electron chi connectivity index (χ3n) is 3.53. The van der Waals surface area contributed by atoms with Crippen LogP contribution >= 0.6 is 11.3 Å². The van der Waals surface area contributed by atoms with Crippen molar-refractivity contribution in [2.75, 3.05) is 0 Å². The van der Waals surface area contributed by atoms with E-state index in [4.69, 9.17) is 10.5 Å². The van der Waals surface area contributed by atoms with Crippen LogP contribution < -0.4 is 5.73 Å². The van der Waals surface area contributed by atoms with Crippen LogP contribution in [-0.4, -0.2) is 28.5 Å². The first-order valence-corrected chi connectivity index (χ1v) is 7.50. The number of halogens is 2. The molecule has 0 saturated carbocycles. The summed E-state index contributed by atoms with van der Waals surface area (Å²) in [4.78, 5) is 13.0. The normalized spacial score (nSPS) is 24.9. The van der Waals surface area contributed by atoms with Gasteiger partial charge >= 0.3 is 0 Å². The molecular weight excluding hydrogens is 310 g/mol. The molecule has 2 atom stereocenters. The zero-order valence-corrected chi connectivity index (χ0v) is 12.6. The molecule has 0 amide bonds. The van der Waals surface area contributed by atoms with Gasteiger partial charge in [0.15, 0.2) is 6.10 Å². The number of hydrogen-bond acceptors (Lipinski definition) is 6. The number of nitrogens with zero attached hydrogens (tertiary/aromatic N) is 3. The number of nitrogens with two attached hydrogens (primary N) is 1. The van der Waals surface area contributed by atoms with Crippen molar-refractivity contribution in [1.82, 2.24) is 9.97 Å². The lowest BCUT2D eigenvalue weighted by atomic mass is 9.91. The second-order valence-electron chi connectivity index (χ2n) is 5.25. The van der Waals surface area contributed by atoms with Crippen molar-refractivity contribution in [3.05, 3.63) is 35.0 Å². The highest BCUT2D eigenvalue weighted by Gasteiger charge is 2.40. The van der Waals surface area contributed by atoms with E-state index in [0.29, 0.717) is 0 Å². The highest BCUT2D eigenvalue weighted by atomic mass is 32.1. The van der Waals surface area contributed by atoms with Crippen LogP contribution in [0.15, 0.2) is 35.2 Å². The number of alkyl halides is 2. The first-order valence-electron chi connectivity index (χ1n) is 6.62. The molecule has 3 heterocycles. The summed E-state index contributed by atoms with van der Waals surface area (Å²) in [6.45, 7) is 1.79. The van der Waals surface area contributed by atoms with E-state index in [9.17, 15) is 8.78 Å². The Labute approximate surface area is 129 Å². The molecule has 5 nitrogen and oxygen atoms in total. The largest absolute Gasteiger partial charge is 0.456 e. The van der Waals surface area contributed by atoms with Crippen molar-refractivity contribution >= 4 is 17.4 Å². The topological polar surface area (TPSA) is 73.4 Å². The van der Waals surface area contributed by atoms with Gasteiger partial charge in [0.1, 0.15) is 11.9 Å². The molecule has 2 aromatic heterocycles. The van der Waals surface area contributed by atoms with Crippen LogP contribution in [0, 0.1) is 0 Å². The Morgan fingerprint density at radius 1 is 1.36 bits per heavy atom. The van der Waals surface area contributed by atoms with Gasteiger partial charge in [0.05, 0.1) is 0 Å². The number of amidine groups is 1. The molecular formula is C14H14F2N4OS. The Morgan fingerprint density at radius 2 is 2.09 bits per heavy atom. The van der Waals surface area contributed by atoms with Gasteiger partial charge in [-0.2, -0.15) is 0 Å². The Morgan fingerprint density at radius 3 is 2.77 bits per heavy atom. The van der Waals surface area contributed by atoms with Gasteiger partial charge in [0.25, 0.3) is 12.4 Å². The molecule has 2 aromatic rings. The highest BCUT2D eigenvalue weighted by molar-refractivity contribution is 7.10. The van der Waals surface area contributed by atoms with Crippen molar-refractivity contribution in [3.63, 3.8) is 0 Å². The number of thiophene rings is 1. The number of ether oxygens (including phenoxy) is 1. The Hall–Kier alpha value is -2.09. The van der Waals surface area contributed by atoms with Gasteiger partial charge in [-0.15, -0.1) is 11.3 Å². The summed E-state index contributed by atoms with van der Waals surface area (Å²) in [6, 6.07) is 1.71. The van der Waals surface area contributed by atoms with Crippen molar-refractivity contribution in [3.8, 4) is 11.1 Å². The van der Waals surface area contributed by atoms with Crippen LogP contribution in [0.2, 0.25) is 0 Å². The van der Waals surface area contributed by atoms with Crippen molar-refractivity contribution in [2.24, 2.45) is 10.7 Å². The molecule has 0 aromatic carbocycles. The molecule has 0 spiro atoms. The van der Waals surface area contributed by atoms with Crippen LogP contribution in [-0.2, 0) is 10.3 Å². The highest BCUT2D eigenvalue weighted by Crippen LogP contribution is 2.40. The molecule has 1 aliphatic rings. The number of rotatable bonds is 3. The van der Waals surface area contributed by atoms with E-state index in [2.05, 4.69) is 15.0 Å². The Kier molecular flexibility index (Phi) is 3.78. The Bertz CT molecular complexity index is 691. The summed E-state index contributed by atoms with van der Waals surface area (Å²) in [5, 5.41) is 1.93. The molecule has 0 saturated heterocycles. The molecule has 0 bridgehead atoms. The van der Waals surface area contributed by atoms with E-state index in [1.807, 2.05) is 11.4 Å². The average Bonchev–Trinajstić information content (AvgIpc) is 2.98. The van der Waals surface area contributed by atoms with Crippen molar-refractivity contribution in [2.45, 2.75) is 31.4 Å². The molecule has 0 unspecified atom stereocenters. The lowest BCUT2D eigenvalue weighted by Crippen LogP contribution is -2.41. The number of aromatic nitrogens is 2. The molecule has 3 rings (SSSR count). The van der Waals surface area contributed by atoms with Gasteiger partial charge in [-0.3, -0.25) is 0 Å². The molecule has 116 valence electrons. The molecule has 8 heteroatoms. The monoisotopic (exact) mass is 324 g/mol. The lowest BCUT2D eigenvalue weighted by molar-refractivity contribution is -0.0222. The Balaban J connectivity index is 1.93. The second kappa shape index (κ2) is 5.60. The van der Waals surface area contributed by atoms with Gasteiger partial charge in [-0.25, -0.2) is 23.7 Å². The molecule has 0 fully saturated rings. The third-order valence-corrected chi connectivity index (χ3v) is 4.72. The first kappa shape index (κ1) is 14.8. The summed E-state index contributed by atoms with van der Waals surface area (Å²) < 4.78 is 30.9. The maximum absolute atomic E-state index is 13.0. The SMILES string of the molecule is C[C@@]1(c2cc(-c3cncnc3)cs2)C[C@@H](C(F)F)OC(N)=N1. The summed E-state index contributed by atoms with van der Waals surface area (Å²) >= 11 is 1.45. The molecule has 2 N–H and O–H groups in total. The van der Waals surface area contributed by atoms with E-state index in [0.717, 1.165) is 16.0 Å². The van der Waals surface area contributed by atoms with E-state index < -0.39 is 18.1 Å². The summed E-state index contributed by atoms with van der Waals surface area (Å²) in [6.07, 6.45) is 1.09. The number of hydrogen-bond donors (Lipinski definition) is 1. The quantitative estimate of drug-likeness (QED) is 0.942.